The molecule has 108 valence electrons. The van der Waals surface area contributed by atoms with Gasteiger partial charge >= 0.3 is 5.97 Å². The van der Waals surface area contributed by atoms with Crippen molar-refractivity contribution in [3.05, 3.63) is 28.8 Å². The van der Waals surface area contributed by atoms with E-state index in [1.165, 1.54) is 0 Å². The Balaban J connectivity index is 2.14. The largest absolute Gasteiger partial charge is 0.426 e. The zero-order valence-corrected chi connectivity index (χ0v) is 12.5. The molecule has 1 saturated heterocycles. The zero-order valence-electron chi connectivity index (χ0n) is 12.5. The number of rotatable bonds is 3. The second-order valence-corrected chi connectivity index (χ2v) is 5.41. The van der Waals surface area contributed by atoms with Gasteiger partial charge in [0, 0.05) is 19.5 Å². The number of amides is 1. The first-order valence-corrected chi connectivity index (χ1v) is 7.00. The summed E-state index contributed by atoms with van der Waals surface area (Å²) in [7, 11) is 0. The van der Waals surface area contributed by atoms with Gasteiger partial charge in [-0.1, -0.05) is 12.1 Å². The van der Waals surface area contributed by atoms with Crippen LogP contribution in [0.25, 0.3) is 0 Å². The van der Waals surface area contributed by atoms with E-state index in [4.69, 9.17) is 4.74 Å². The molecule has 0 N–H and O–H groups in total. The van der Waals surface area contributed by atoms with E-state index in [0.717, 1.165) is 16.7 Å². The Bertz CT molecular complexity index is 551. The fraction of sp³-hybridized carbons (Fsp3) is 0.500. The maximum Gasteiger partial charge on any atom is 0.316 e. The van der Waals surface area contributed by atoms with Crippen molar-refractivity contribution in [1.29, 1.82) is 0 Å². The lowest BCUT2D eigenvalue weighted by atomic mass is 10.0. The van der Waals surface area contributed by atoms with Gasteiger partial charge in [-0.15, -0.1) is 0 Å². The number of benzene rings is 1. The second-order valence-electron chi connectivity index (χ2n) is 5.41. The smallest absolute Gasteiger partial charge is 0.316 e. The summed E-state index contributed by atoms with van der Waals surface area (Å²) < 4.78 is 5.56. The third-order valence-corrected chi connectivity index (χ3v) is 4.01. The summed E-state index contributed by atoms with van der Waals surface area (Å²) in [6, 6.07) is 3.96. The molecule has 1 unspecified atom stereocenters. The van der Waals surface area contributed by atoms with Gasteiger partial charge in [0.2, 0.25) is 5.91 Å². The summed E-state index contributed by atoms with van der Waals surface area (Å²) in [5, 5.41) is 0. The molecule has 0 spiro atoms. The second kappa shape index (κ2) is 5.65. The summed E-state index contributed by atoms with van der Waals surface area (Å²) >= 11 is 0. The first-order valence-electron chi connectivity index (χ1n) is 7.00. The van der Waals surface area contributed by atoms with Crippen molar-refractivity contribution in [1.82, 2.24) is 4.90 Å². The molecule has 0 aromatic heterocycles. The van der Waals surface area contributed by atoms with Gasteiger partial charge in [0.05, 0.1) is 5.92 Å². The Morgan fingerprint density at radius 1 is 1.30 bits per heavy atom. The third kappa shape index (κ3) is 2.69. The highest BCUT2D eigenvalue weighted by Gasteiger charge is 2.35. The molecule has 1 atom stereocenters. The van der Waals surface area contributed by atoms with Crippen LogP contribution in [0.3, 0.4) is 0 Å². The molecule has 2 rings (SSSR count). The molecule has 1 aromatic rings. The molecule has 1 aliphatic rings. The minimum Gasteiger partial charge on any atom is -0.426 e. The number of hydrogen-bond donors (Lipinski definition) is 0. The van der Waals surface area contributed by atoms with Crippen LogP contribution in [-0.2, 0) is 9.59 Å². The first-order chi connectivity index (χ1) is 9.43. The topological polar surface area (TPSA) is 46.6 Å². The van der Waals surface area contributed by atoms with Gasteiger partial charge in [0.25, 0.3) is 0 Å². The SMILES string of the molecule is CCN1CC(C(=O)Oc2c(C)ccc(C)c2C)CC1=O. The highest BCUT2D eigenvalue weighted by molar-refractivity contribution is 5.87. The maximum absolute atomic E-state index is 12.2. The van der Waals surface area contributed by atoms with Gasteiger partial charge < -0.3 is 9.64 Å². The molecular formula is C16H21NO3. The molecular weight excluding hydrogens is 254 g/mol. The van der Waals surface area contributed by atoms with E-state index < -0.39 is 0 Å². The molecule has 0 bridgehead atoms. The Kier molecular flexibility index (Phi) is 4.12. The quantitative estimate of drug-likeness (QED) is 0.628. The Morgan fingerprint density at radius 3 is 2.55 bits per heavy atom. The van der Waals surface area contributed by atoms with Gasteiger partial charge in [0.1, 0.15) is 5.75 Å². The van der Waals surface area contributed by atoms with E-state index in [2.05, 4.69) is 0 Å². The minimum atomic E-state index is -0.346. The van der Waals surface area contributed by atoms with Crippen LogP contribution in [0.4, 0.5) is 0 Å². The highest BCUT2D eigenvalue weighted by atomic mass is 16.5. The number of esters is 1. The lowest BCUT2D eigenvalue weighted by Crippen LogP contribution is -2.27. The van der Waals surface area contributed by atoms with Crippen molar-refractivity contribution >= 4 is 11.9 Å². The Hall–Kier alpha value is -1.84. The summed E-state index contributed by atoms with van der Waals surface area (Å²) in [6.07, 6.45) is 0.261. The molecule has 0 radical (unpaired) electrons. The van der Waals surface area contributed by atoms with Crippen LogP contribution in [0.5, 0.6) is 5.75 Å². The van der Waals surface area contributed by atoms with E-state index in [1.807, 2.05) is 39.8 Å². The molecule has 1 heterocycles. The average molecular weight is 275 g/mol. The van der Waals surface area contributed by atoms with Gasteiger partial charge in [0.15, 0.2) is 0 Å². The van der Waals surface area contributed by atoms with Crippen molar-refractivity contribution in [2.75, 3.05) is 13.1 Å². The van der Waals surface area contributed by atoms with E-state index >= 15 is 0 Å². The zero-order chi connectivity index (χ0) is 14.9. The Labute approximate surface area is 119 Å². The van der Waals surface area contributed by atoms with E-state index in [0.29, 0.717) is 18.8 Å². The van der Waals surface area contributed by atoms with Crippen LogP contribution in [0.1, 0.15) is 30.0 Å². The molecule has 1 amide bonds. The average Bonchev–Trinajstić information content (AvgIpc) is 2.80. The van der Waals surface area contributed by atoms with Crippen molar-refractivity contribution in [3.63, 3.8) is 0 Å². The molecule has 4 heteroatoms. The number of likely N-dealkylation sites (tertiary alicyclic amines) is 1. The van der Waals surface area contributed by atoms with Crippen LogP contribution in [0.15, 0.2) is 12.1 Å². The third-order valence-electron chi connectivity index (χ3n) is 4.01. The molecule has 1 aromatic carbocycles. The summed E-state index contributed by atoms with van der Waals surface area (Å²) in [5.41, 5.74) is 3.02. The van der Waals surface area contributed by atoms with Gasteiger partial charge in [-0.2, -0.15) is 0 Å². The lowest BCUT2D eigenvalue weighted by molar-refractivity contribution is -0.139. The van der Waals surface area contributed by atoms with Crippen LogP contribution >= 0.6 is 0 Å². The molecule has 1 fully saturated rings. The summed E-state index contributed by atoms with van der Waals surface area (Å²) in [4.78, 5) is 25.6. The van der Waals surface area contributed by atoms with Crippen molar-refractivity contribution in [2.45, 2.75) is 34.1 Å². The van der Waals surface area contributed by atoms with E-state index in [9.17, 15) is 9.59 Å². The normalized spacial score (nSPS) is 18.5. The van der Waals surface area contributed by atoms with E-state index in [-0.39, 0.29) is 24.2 Å². The monoisotopic (exact) mass is 275 g/mol. The van der Waals surface area contributed by atoms with Crippen LogP contribution < -0.4 is 4.74 Å². The minimum absolute atomic E-state index is 0.0344. The van der Waals surface area contributed by atoms with Gasteiger partial charge in [-0.3, -0.25) is 9.59 Å². The van der Waals surface area contributed by atoms with Crippen molar-refractivity contribution < 1.29 is 14.3 Å². The predicted molar refractivity (Wildman–Crippen MR) is 76.6 cm³/mol. The van der Waals surface area contributed by atoms with Gasteiger partial charge in [-0.05, 0) is 44.4 Å². The summed E-state index contributed by atoms with van der Waals surface area (Å²) in [5.74, 6) is 0.0254. The van der Waals surface area contributed by atoms with Gasteiger partial charge in [-0.25, -0.2) is 0 Å². The number of aryl methyl sites for hydroxylation is 2. The van der Waals surface area contributed by atoms with Crippen molar-refractivity contribution in [3.8, 4) is 5.75 Å². The number of carbonyl (C=O) groups is 2. The maximum atomic E-state index is 12.2. The standard InChI is InChI=1S/C16H21NO3/c1-5-17-9-13(8-14(17)18)16(19)20-15-11(3)7-6-10(2)12(15)4/h6-7,13H,5,8-9H2,1-4H3. The van der Waals surface area contributed by atoms with Crippen LogP contribution in [0.2, 0.25) is 0 Å². The number of nitrogens with zero attached hydrogens (tertiary/aromatic N) is 1. The lowest BCUT2D eigenvalue weighted by Gasteiger charge is -2.15. The molecule has 4 nitrogen and oxygen atoms in total. The van der Waals surface area contributed by atoms with Crippen molar-refractivity contribution in [2.24, 2.45) is 5.92 Å². The number of carbonyl (C=O) groups excluding carboxylic acids is 2. The molecule has 20 heavy (non-hydrogen) atoms. The van der Waals surface area contributed by atoms with Crippen LogP contribution in [0, 0.1) is 26.7 Å². The molecule has 1 aliphatic heterocycles. The molecule has 0 saturated carbocycles. The summed E-state index contributed by atoms with van der Waals surface area (Å²) in [6.45, 7) is 8.89. The molecule has 0 aliphatic carbocycles. The first kappa shape index (κ1) is 14.6. The number of hydrogen-bond acceptors (Lipinski definition) is 3. The van der Waals surface area contributed by atoms with E-state index in [1.54, 1.807) is 4.90 Å². The highest BCUT2D eigenvalue weighted by Crippen LogP contribution is 2.28. The predicted octanol–water partition coefficient (Wildman–Crippen LogP) is 2.39. The Morgan fingerprint density at radius 2 is 1.95 bits per heavy atom. The van der Waals surface area contributed by atoms with Crippen LogP contribution in [-0.4, -0.2) is 29.9 Å². The fourth-order valence-corrected chi connectivity index (χ4v) is 2.50. The fourth-order valence-electron chi connectivity index (χ4n) is 2.50. The number of ether oxygens (including phenoxy) is 1.